The van der Waals surface area contributed by atoms with Gasteiger partial charge in [0.1, 0.15) is 5.82 Å². The number of carbonyl (C=O) groups is 1. The summed E-state index contributed by atoms with van der Waals surface area (Å²) in [4.78, 5) is 19.4. The minimum Gasteiger partial charge on any atom is -0.338 e. The molecule has 1 aliphatic heterocycles. The maximum atomic E-state index is 13.0. The fraction of sp³-hybridized carbons (Fsp3) is 0.391. The summed E-state index contributed by atoms with van der Waals surface area (Å²) in [5, 5.41) is 0. The molecule has 4 rings (SSSR count). The molecule has 2 heterocycles. The van der Waals surface area contributed by atoms with Gasteiger partial charge in [-0.3, -0.25) is 4.79 Å². The van der Waals surface area contributed by atoms with Crippen LogP contribution in [0.4, 0.5) is 0 Å². The van der Waals surface area contributed by atoms with Crippen molar-refractivity contribution in [3.8, 4) is 0 Å². The van der Waals surface area contributed by atoms with Crippen molar-refractivity contribution in [3.63, 3.8) is 0 Å². The first-order valence-electron chi connectivity index (χ1n) is 10.5. The van der Waals surface area contributed by atoms with Crippen LogP contribution in [-0.4, -0.2) is 53.2 Å². The van der Waals surface area contributed by atoms with E-state index in [4.69, 9.17) is 0 Å². The normalized spacial score (nSPS) is 15.9. The second kappa shape index (κ2) is 8.80. The van der Waals surface area contributed by atoms with Crippen LogP contribution in [0.1, 0.15) is 24.2 Å². The minimum atomic E-state index is -3.38. The SMILES string of the molecule is CN(Cc1nc2ccccc2n1C)C(=O)C1CCN(S(=O)(=O)Cc2ccccc2)CC1. The molecular formula is C23H28N4O3S. The van der Waals surface area contributed by atoms with Crippen LogP contribution in [0.3, 0.4) is 0 Å². The topological polar surface area (TPSA) is 75.5 Å². The summed E-state index contributed by atoms with van der Waals surface area (Å²) < 4.78 is 29.0. The molecule has 2 aromatic carbocycles. The summed E-state index contributed by atoms with van der Waals surface area (Å²) in [5.74, 6) is 0.717. The number of hydrogen-bond donors (Lipinski definition) is 0. The molecule has 3 aromatic rings. The number of benzene rings is 2. The minimum absolute atomic E-state index is 0.000919. The van der Waals surface area contributed by atoms with Crippen LogP contribution in [0.5, 0.6) is 0 Å². The van der Waals surface area contributed by atoms with Crippen molar-refractivity contribution in [1.82, 2.24) is 18.8 Å². The predicted octanol–water partition coefficient (Wildman–Crippen LogP) is 2.77. The zero-order valence-electron chi connectivity index (χ0n) is 17.9. The molecule has 1 amide bonds. The zero-order valence-corrected chi connectivity index (χ0v) is 18.8. The van der Waals surface area contributed by atoms with E-state index in [1.54, 1.807) is 11.9 Å². The van der Waals surface area contributed by atoms with E-state index in [1.165, 1.54) is 4.31 Å². The molecule has 0 aliphatic carbocycles. The van der Waals surface area contributed by atoms with Crippen LogP contribution in [0.15, 0.2) is 54.6 Å². The van der Waals surface area contributed by atoms with Crippen LogP contribution >= 0.6 is 0 Å². The number of rotatable bonds is 6. The molecule has 0 spiro atoms. The molecule has 0 N–H and O–H groups in total. The summed E-state index contributed by atoms with van der Waals surface area (Å²) in [6.07, 6.45) is 1.08. The van der Waals surface area contributed by atoms with Gasteiger partial charge in [-0.25, -0.2) is 17.7 Å². The first-order chi connectivity index (χ1) is 14.8. The van der Waals surface area contributed by atoms with Crippen LogP contribution in [0, 0.1) is 5.92 Å². The molecule has 31 heavy (non-hydrogen) atoms. The smallest absolute Gasteiger partial charge is 0.225 e. The quantitative estimate of drug-likeness (QED) is 0.591. The molecule has 0 saturated carbocycles. The van der Waals surface area contributed by atoms with Crippen molar-refractivity contribution in [2.24, 2.45) is 13.0 Å². The third-order valence-corrected chi connectivity index (χ3v) is 7.87. The average Bonchev–Trinajstić information content (AvgIpc) is 3.09. The number of para-hydroxylation sites is 2. The molecule has 1 aliphatic rings. The highest BCUT2D eigenvalue weighted by Crippen LogP contribution is 2.24. The molecule has 8 heteroatoms. The van der Waals surface area contributed by atoms with Crippen LogP contribution in [0.25, 0.3) is 11.0 Å². The van der Waals surface area contributed by atoms with E-state index in [-0.39, 0.29) is 17.6 Å². The molecule has 0 atom stereocenters. The van der Waals surface area contributed by atoms with Gasteiger partial charge in [-0.15, -0.1) is 0 Å². The van der Waals surface area contributed by atoms with Crippen molar-refractivity contribution >= 4 is 27.0 Å². The summed E-state index contributed by atoms with van der Waals surface area (Å²) in [6, 6.07) is 17.1. The van der Waals surface area contributed by atoms with Gasteiger partial charge in [0.2, 0.25) is 15.9 Å². The molecule has 7 nitrogen and oxygen atoms in total. The largest absolute Gasteiger partial charge is 0.338 e. The Balaban J connectivity index is 1.35. The monoisotopic (exact) mass is 440 g/mol. The maximum Gasteiger partial charge on any atom is 0.225 e. The Morgan fingerprint density at radius 3 is 2.39 bits per heavy atom. The number of carbonyl (C=O) groups excluding carboxylic acids is 1. The third kappa shape index (κ3) is 4.65. The second-order valence-corrected chi connectivity index (χ2v) is 10.2. The lowest BCUT2D eigenvalue weighted by Crippen LogP contribution is -2.43. The zero-order chi connectivity index (χ0) is 22.0. The summed E-state index contributed by atoms with van der Waals surface area (Å²) in [6.45, 7) is 1.19. The Labute approximate surface area is 183 Å². The van der Waals surface area contributed by atoms with Crippen molar-refractivity contribution in [3.05, 3.63) is 66.0 Å². The molecule has 0 unspecified atom stereocenters. The van der Waals surface area contributed by atoms with Crippen LogP contribution in [-0.2, 0) is 34.2 Å². The highest BCUT2D eigenvalue weighted by atomic mass is 32.2. The van der Waals surface area contributed by atoms with Crippen LogP contribution in [0.2, 0.25) is 0 Å². The first-order valence-corrected chi connectivity index (χ1v) is 12.1. The van der Waals surface area contributed by atoms with Gasteiger partial charge in [0.15, 0.2) is 0 Å². The van der Waals surface area contributed by atoms with Crippen molar-refractivity contribution < 1.29 is 13.2 Å². The fourth-order valence-electron chi connectivity index (χ4n) is 4.20. The number of aryl methyl sites for hydroxylation is 1. The molecule has 1 fully saturated rings. The number of sulfonamides is 1. The summed E-state index contributed by atoms with van der Waals surface area (Å²) >= 11 is 0. The van der Waals surface area contributed by atoms with E-state index in [0.29, 0.717) is 32.5 Å². The Kier molecular flexibility index (Phi) is 6.11. The predicted molar refractivity (Wildman–Crippen MR) is 121 cm³/mol. The Hall–Kier alpha value is -2.71. The van der Waals surface area contributed by atoms with E-state index in [1.807, 2.05) is 66.2 Å². The Morgan fingerprint density at radius 1 is 1.06 bits per heavy atom. The van der Waals surface area contributed by atoms with Gasteiger partial charge in [0, 0.05) is 33.1 Å². The number of amides is 1. The van der Waals surface area contributed by atoms with Gasteiger partial charge >= 0.3 is 0 Å². The van der Waals surface area contributed by atoms with Crippen molar-refractivity contribution in [1.29, 1.82) is 0 Å². The van der Waals surface area contributed by atoms with E-state index in [2.05, 4.69) is 4.98 Å². The molecule has 1 saturated heterocycles. The number of piperidine rings is 1. The summed E-state index contributed by atoms with van der Waals surface area (Å²) in [7, 11) is 0.370. The summed E-state index contributed by atoms with van der Waals surface area (Å²) in [5.41, 5.74) is 2.73. The average molecular weight is 441 g/mol. The second-order valence-electron chi connectivity index (χ2n) is 8.19. The number of aromatic nitrogens is 2. The molecule has 1 aromatic heterocycles. The van der Waals surface area contributed by atoms with Gasteiger partial charge < -0.3 is 9.47 Å². The number of hydrogen-bond acceptors (Lipinski definition) is 4. The van der Waals surface area contributed by atoms with E-state index < -0.39 is 10.0 Å². The number of imidazole rings is 1. The number of nitrogens with zero attached hydrogens (tertiary/aromatic N) is 4. The van der Waals surface area contributed by atoms with Crippen LogP contribution < -0.4 is 0 Å². The Morgan fingerprint density at radius 2 is 1.71 bits per heavy atom. The maximum absolute atomic E-state index is 13.0. The molecular weight excluding hydrogens is 412 g/mol. The fourth-order valence-corrected chi connectivity index (χ4v) is 5.76. The Bertz CT molecular complexity index is 1170. The van der Waals surface area contributed by atoms with Crippen molar-refractivity contribution in [2.45, 2.75) is 25.1 Å². The number of fused-ring (bicyclic) bond motifs is 1. The third-order valence-electron chi connectivity index (χ3n) is 6.02. The molecule has 0 radical (unpaired) electrons. The van der Waals surface area contributed by atoms with Gasteiger partial charge in [0.05, 0.1) is 23.3 Å². The molecule has 0 bridgehead atoms. The highest BCUT2D eigenvalue weighted by Gasteiger charge is 2.32. The van der Waals surface area contributed by atoms with E-state index >= 15 is 0 Å². The highest BCUT2D eigenvalue weighted by molar-refractivity contribution is 7.88. The van der Waals surface area contributed by atoms with Gasteiger partial charge in [-0.05, 0) is 30.5 Å². The lowest BCUT2D eigenvalue weighted by Gasteiger charge is -2.32. The van der Waals surface area contributed by atoms with Crippen molar-refractivity contribution in [2.75, 3.05) is 20.1 Å². The van der Waals surface area contributed by atoms with E-state index in [9.17, 15) is 13.2 Å². The van der Waals surface area contributed by atoms with Gasteiger partial charge in [-0.1, -0.05) is 42.5 Å². The standard InChI is InChI=1S/C23H28N4O3S/c1-25(16-22-24-20-10-6-7-11-21(20)26(22)2)23(28)19-12-14-27(15-13-19)31(29,30)17-18-8-4-3-5-9-18/h3-11,19H,12-17H2,1-2H3. The van der Waals surface area contributed by atoms with Gasteiger partial charge in [0.25, 0.3) is 0 Å². The molecule has 164 valence electrons. The lowest BCUT2D eigenvalue weighted by atomic mass is 9.97. The lowest BCUT2D eigenvalue weighted by molar-refractivity contribution is -0.136. The first kappa shape index (κ1) is 21.5. The van der Waals surface area contributed by atoms with Gasteiger partial charge in [-0.2, -0.15) is 0 Å². The van der Waals surface area contributed by atoms with E-state index in [0.717, 1.165) is 22.4 Å².